The van der Waals surface area contributed by atoms with E-state index in [9.17, 15) is 9.59 Å². The summed E-state index contributed by atoms with van der Waals surface area (Å²) in [6.07, 6.45) is 7.45. The molecule has 0 bridgehead atoms. The third kappa shape index (κ3) is 6.77. The van der Waals surface area contributed by atoms with Crippen molar-refractivity contribution in [1.82, 2.24) is 10.6 Å². The van der Waals surface area contributed by atoms with Crippen LogP contribution in [0.1, 0.15) is 55.6 Å². The minimum Gasteiger partial charge on any atom is -0.465 e. The number of benzene rings is 1. The van der Waals surface area contributed by atoms with Crippen LogP contribution in [0.5, 0.6) is 0 Å². The van der Waals surface area contributed by atoms with E-state index < -0.39 is 0 Å². The van der Waals surface area contributed by atoms with Crippen LogP contribution in [0.4, 0.5) is 0 Å². The number of amides is 2. The van der Waals surface area contributed by atoms with Crippen molar-refractivity contribution in [1.29, 1.82) is 0 Å². The number of hydrogen-bond donors (Lipinski definition) is 2. The van der Waals surface area contributed by atoms with Crippen molar-refractivity contribution in [3.63, 3.8) is 0 Å². The predicted octanol–water partition coefficient (Wildman–Crippen LogP) is 4.38. The lowest BCUT2D eigenvalue weighted by Gasteiger charge is -2.16. The molecule has 0 aliphatic heterocycles. The van der Waals surface area contributed by atoms with Crippen molar-refractivity contribution in [2.45, 2.75) is 39.5 Å². The van der Waals surface area contributed by atoms with Gasteiger partial charge in [0.1, 0.15) is 11.5 Å². The van der Waals surface area contributed by atoms with Gasteiger partial charge in [-0.15, -0.1) is 0 Å². The zero-order valence-corrected chi connectivity index (χ0v) is 16.0. The molecular formula is C22H28N2O3. The second-order valence-electron chi connectivity index (χ2n) is 6.52. The van der Waals surface area contributed by atoms with Gasteiger partial charge in [0.2, 0.25) is 0 Å². The number of hydrogen-bond acceptors (Lipinski definition) is 3. The summed E-state index contributed by atoms with van der Waals surface area (Å²) in [6.45, 7) is 4.88. The van der Waals surface area contributed by atoms with E-state index in [0.29, 0.717) is 23.8 Å². The normalized spacial score (nSPS) is 12.4. The average molecular weight is 368 g/mol. The second kappa shape index (κ2) is 11.0. The number of unbranched alkanes of at least 4 members (excludes halogenated alkanes) is 1. The van der Waals surface area contributed by atoms with Gasteiger partial charge in [0.05, 0.1) is 6.26 Å². The van der Waals surface area contributed by atoms with Crippen LogP contribution in [0.25, 0.3) is 6.08 Å². The maximum atomic E-state index is 12.7. The van der Waals surface area contributed by atoms with Crippen LogP contribution in [0.15, 0.2) is 58.8 Å². The predicted molar refractivity (Wildman–Crippen MR) is 107 cm³/mol. The molecule has 0 aliphatic carbocycles. The second-order valence-corrected chi connectivity index (χ2v) is 6.52. The molecule has 144 valence electrons. The van der Waals surface area contributed by atoms with Gasteiger partial charge in [-0.2, -0.15) is 0 Å². The molecule has 0 fully saturated rings. The van der Waals surface area contributed by atoms with Gasteiger partial charge in [-0.05, 0) is 36.6 Å². The molecule has 0 unspecified atom stereocenters. The van der Waals surface area contributed by atoms with Gasteiger partial charge in [0, 0.05) is 18.2 Å². The van der Waals surface area contributed by atoms with Crippen molar-refractivity contribution in [3.05, 3.63) is 65.7 Å². The van der Waals surface area contributed by atoms with Gasteiger partial charge in [0.15, 0.2) is 0 Å². The molecule has 2 amide bonds. The summed E-state index contributed by atoms with van der Waals surface area (Å²) in [5.74, 6) is 0.294. The lowest BCUT2D eigenvalue weighted by atomic mass is 9.99. The first kappa shape index (κ1) is 20.5. The summed E-state index contributed by atoms with van der Waals surface area (Å²) in [4.78, 5) is 25.2. The molecular weight excluding hydrogens is 340 g/mol. The highest BCUT2D eigenvalue weighted by Gasteiger charge is 2.16. The monoisotopic (exact) mass is 368 g/mol. The molecule has 1 heterocycles. The summed E-state index contributed by atoms with van der Waals surface area (Å²) in [5, 5.41) is 5.65. The molecule has 0 saturated heterocycles. The van der Waals surface area contributed by atoms with E-state index in [1.165, 1.54) is 6.26 Å². The topological polar surface area (TPSA) is 71.3 Å². The zero-order chi connectivity index (χ0) is 19.5. The Morgan fingerprint density at radius 2 is 1.89 bits per heavy atom. The summed E-state index contributed by atoms with van der Waals surface area (Å²) in [5.41, 5.74) is 0.661. The van der Waals surface area contributed by atoms with Crippen molar-refractivity contribution >= 4 is 17.9 Å². The first-order chi connectivity index (χ1) is 13.1. The molecule has 27 heavy (non-hydrogen) atoms. The Kier molecular flexibility index (Phi) is 8.36. The molecule has 0 spiro atoms. The maximum absolute atomic E-state index is 12.7. The van der Waals surface area contributed by atoms with Gasteiger partial charge in [0.25, 0.3) is 11.8 Å². The fourth-order valence-corrected chi connectivity index (χ4v) is 2.73. The summed E-state index contributed by atoms with van der Waals surface area (Å²) < 4.78 is 5.29. The first-order valence-electron chi connectivity index (χ1n) is 9.53. The SMILES string of the molecule is CCCC[C@@H](CC)CNC(=O)/C(=C/c1ccco1)NC(=O)c1ccccc1. The van der Waals surface area contributed by atoms with E-state index in [0.717, 1.165) is 25.7 Å². The van der Waals surface area contributed by atoms with E-state index in [2.05, 4.69) is 24.5 Å². The van der Waals surface area contributed by atoms with Crippen LogP contribution in [-0.4, -0.2) is 18.4 Å². The van der Waals surface area contributed by atoms with Crippen molar-refractivity contribution in [2.75, 3.05) is 6.54 Å². The van der Waals surface area contributed by atoms with Crippen molar-refractivity contribution in [3.8, 4) is 0 Å². The van der Waals surface area contributed by atoms with Crippen LogP contribution in [0, 0.1) is 5.92 Å². The molecule has 0 aliphatic rings. The highest BCUT2D eigenvalue weighted by atomic mass is 16.3. The number of carbonyl (C=O) groups excluding carboxylic acids is 2. The fourth-order valence-electron chi connectivity index (χ4n) is 2.73. The lowest BCUT2D eigenvalue weighted by Crippen LogP contribution is -2.37. The number of furan rings is 1. The van der Waals surface area contributed by atoms with E-state index in [4.69, 9.17) is 4.42 Å². The Labute approximate surface area is 160 Å². The molecule has 0 radical (unpaired) electrons. The molecule has 1 atom stereocenters. The Morgan fingerprint density at radius 3 is 2.52 bits per heavy atom. The standard InChI is InChI=1S/C22H28N2O3/c1-3-5-10-17(4-2)16-23-22(26)20(15-19-13-9-14-27-19)24-21(25)18-11-7-6-8-12-18/h6-9,11-15,17H,3-5,10,16H2,1-2H3,(H,23,26)(H,24,25)/b20-15-/t17-/m1/s1. The van der Waals surface area contributed by atoms with E-state index in [1.54, 1.807) is 42.5 Å². The van der Waals surface area contributed by atoms with Crippen molar-refractivity contribution < 1.29 is 14.0 Å². The molecule has 1 aromatic heterocycles. The van der Waals surface area contributed by atoms with Crippen LogP contribution in [0.3, 0.4) is 0 Å². The minimum atomic E-state index is -0.332. The average Bonchev–Trinajstić information content (AvgIpc) is 3.21. The van der Waals surface area contributed by atoms with Gasteiger partial charge in [-0.1, -0.05) is 51.3 Å². The van der Waals surface area contributed by atoms with E-state index in [-0.39, 0.29) is 17.5 Å². The van der Waals surface area contributed by atoms with Crippen LogP contribution >= 0.6 is 0 Å². The summed E-state index contributed by atoms with van der Waals surface area (Å²) in [7, 11) is 0. The van der Waals surface area contributed by atoms with Crippen LogP contribution in [-0.2, 0) is 4.79 Å². The molecule has 2 rings (SSSR count). The molecule has 5 nitrogen and oxygen atoms in total. The summed E-state index contributed by atoms with van der Waals surface area (Å²) in [6, 6.07) is 12.3. The van der Waals surface area contributed by atoms with Crippen LogP contribution in [0.2, 0.25) is 0 Å². The van der Waals surface area contributed by atoms with Gasteiger partial charge >= 0.3 is 0 Å². The molecule has 2 N–H and O–H groups in total. The Bertz CT molecular complexity index is 736. The highest BCUT2D eigenvalue weighted by molar-refractivity contribution is 6.05. The fraction of sp³-hybridized carbons (Fsp3) is 0.364. The molecule has 0 saturated carbocycles. The van der Waals surface area contributed by atoms with Crippen LogP contribution < -0.4 is 10.6 Å². The minimum absolute atomic E-state index is 0.171. The largest absolute Gasteiger partial charge is 0.465 e. The summed E-state index contributed by atoms with van der Waals surface area (Å²) >= 11 is 0. The Hall–Kier alpha value is -2.82. The number of nitrogens with one attached hydrogen (secondary N) is 2. The number of carbonyl (C=O) groups is 2. The lowest BCUT2D eigenvalue weighted by molar-refractivity contribution is -0.117. The van der Waals surface area contributed by atoms with E-state index in [1.807, 2.05) is 6.07 Å². The van der Waals surface area contributed by atoms with Gasteiger partial charge in [-0.25, -0.2) is 0 Å². The van der Waals surface area contributed by atoms with Crippen molar-refractivity contribution in [2.24, 2.45) is 5.92 Å². The maximum Gasteiger partial charge on any atom is 0.267 e. The molecule has 5 heteroatoms. The highest BCUT2D eigenvalue weighted by Crippen LogP contribution is 2.12. The smallest absolute Gasteiger partial charge is 0.267 e. The molecule has 2 aromatic rings. The Balaban J connectivity index is 2.08. The third-order valence-corrected chi connectivity index (χ3v) is 4.45. The number of rotatable bonds is 10. The van der Waals surface area contributed by atoms with E-state index >= 15 is 0 Å². The zero-order valence-electron chi connectivity index (χ0n) is 16.0. The van der Waals surface area contributed by atoms with Gasteiger partial charge < -0.3 is 15.1 Å². The van der Waals surface area contributed by atoms with Gasteiger partial charge in [-0.3, -0.25) is 9.59 Å². The third-order valence-electron chi connectivity index (χ3n) is 4.45. The Morgan fingerprint density at radius 1 is 1.11 bits per heavy atom. The quantitative estimate of drug-likeness (QED) is 0.611. The molecule has 1 aromatic carbocycles. The first-order valence-corrected chi connectivity index (χ1v) is 9.53.